The van der Waals surface area contributed by atoms with E-state index >= 15 is 0 Å². The largest absolute Gasteiger partial charge is 0.335 e. The van der Waals surface area contributed by atoms with E-state index in [1.807, 2.05) is 18.7 Å². The molecule has 1 fully saturated rings. The summed E-state index contributed by atoms with van der Waals surface area (Å²) >= 11 is 0. The lowest BCUT2D eigenvalue weighted by atomic mass is 10.2. The van der Waals surface area contributed by atoms with Crippen LogP contribution in [0.5, 0.6) is 0 Å². The predicted octanol–water partition coefficient (Wildman–Crippen LogP) is 1.30. The van der Waals surface area contributed by atoms with E-state index in [0.717, 1.165) is 0 Å². The van der Waals surface area contributed by atoms with E-state index in [0.29, 0.717) is 44.8 Å². The van der Waals surface area contributed by atoms with Crippen LogP contribution in [0.15, 0.2) is 24.5 Å². The third-order valence-electron chi connectivity index (χ3n) is 3.78. The Morgan fingerprint density at radius 3 is 2.29 bits per heavy atom. The van der Waals surface area contributed by atoms with Gasteiger partial charge in [0.15, 0.2) is 0 Å². The Kier molecular flexibility index (Phi) is 5.14. The van der Waals surface area contributed by atoms with Crippen molar-refractivity contribution in [2.45, 2.75) is 13.8 Å². The second kappa shape index (κ2) is 7.06. The van der Waals surface area contributed by atoms with Gasteiger partial charge in [-0.1, -0.05) is 0 Å². The summed E-state index contributed by atoms with van der Waals surface area (Å²) in [5.74, 6) is -0.0157. The molecule has 0 radical (unpaired) electrons. The summed E-state index contributed by atoms with van der Waals surface area (Å²) in [5, 5.41) is 0. The van der Waals surface area contributed by atoms with Gasteiger partial charge in [-0.05, 0) is 26.0 Å². The maximum Gasteiger partial charge on any atom is 0.320 e. The van der Waals surface area contributed by atoms with Crippen molar-refractivity contribution in [1.29, 1.82) is 0 Å². The molecule has 1 aliphatic heterocycles. The molecular formula is C15H22N4O2. The second-order valence-corrected chi connectivity index (χ2v) is 4.98. The van der Waals surface area contributed by atoms with Crippen molar-refractivity contribution in [3.63, 3.8) is 0 Å². The number of piperazine rings is 1. The lowest BCUT2D eigenvalue weighted by molar-refractivity contribution is 0.0641. The van der Waals surface area contributed by atoms with Gasteiger partial charge in [-0.15, -0.1) is 0 Å². The van der Waals surface area contributed by atoms with Gasteiger partial charge in [0.05, 0.1) is 5.56 Å². The van der Waals surface area contributed by atoms with Crippen LogP contribution in [0.2, 0.25) is 0 Å². The zero-order chi connectivity index (χ0) is 15.2. The van der Waals surface area contributed by atoms with Gasteiger partial charge in [0.25, 0.3) is 5.91 Å². The lowest BCUT2D eigenvalue weighted by Crippen LogP contribution is -2.54. The van der Waals surface area contributed by atoms with Crippen molar-refractivity contribution in [2.24, 2.45) is 0 Å². The first-order valence-electron chi connectivity index (χ1n) is 7.40. The normalized spacial score (nSPS) is 15.0. The Morgan fingerprint density at radius 1 is 1.14 bits per heavy atom. The molecule has 2 heterocycles. The van der Waals surface area contributed by atoms with E-state index in [1.165, 1.54) is 0 Å². The number of nitrogens with zero attached hydrogens (tertiary/aromatic N) is 4. The van der Waals surface area contributed by atoms with E-state index in [1.54, 1.807) is 34.3 Å². The van der Waals surface area contributed by atoms with E-state index in [-0.39, 0.29) is 11.9 Å². The quantitative estimate of drug-likeness (QED) is 0.843. The molecule has 1 saturated heterocycles. The first-order valence-corrected chi connectivity index (χ1v) is 7.40. The number of carbonyl (C=O) groups excluding carboxylic acids is 2. The maximum atomic E-state index is 12.3. The fourth-order valence-electron chi connectivity index (χ4n) is 2.47. The van der Waals surface area contributed by atoms with Crippen LogP contribution in [-0.2, 0) is 0 Å². The van der Waals surface area contributed by atoms with Crippen molar-refractivity contribution in [2.75, 3.05) is 39.3 Å². The number of pyridine rings is 1. The molecule has 3 amide bonds. The number of hydrogen-bond donors (Lipinski definition) is 0. The standard InChI is InChI=1S/C15H22N4O2/c1-3-17(4-2)15(21)19-10-8-18(9-11-19)14(20)13-6-5-7-16-12-13/h5-7,12H,3-4,8-11H2,1-2H3. The molecule has 1 aromatic rings. The fourth-order valence-corrected chi connectivity index (χ4v) is 2.47. The van der Waals surface area contributed by atoms with Crippen LogP contribution in [0.1, 0.15) is 24.2 Å². The van der Waals surface area contributed by atoms with Gasteiger partial charge < -0.3 is 14.7 Å². The maximum absolute atomic E-state index is 12.3. The molecule has 0 spiro atoms. The van der Waals surface area contributed by atoms with Crippen LogP contribution in [0.4, 0.5) is 4.79 Å². The summed E-state index contributed by atoms with van der Waals surface area (Å²) in [7, 11) is 0. The van der Waals surface area contributed by atoms with Gasteiger partial charge >= 0.3 is 6.03 Å². The Balaban J connectivity index is 1.91. The topological polar surface area (TPSA) is 56.8 Å². The number of urea groups is 1. The number of hydrogen-bond acceptors (Lipinski definition) is 3. The molecule has 1 aromatic heterocycles. The Morgan fingerprint density at radius 2 is 1.76 bits per heavy atom. The smallest absolute Gasteiger partial charge is 0.320 e. The van der Waals surface area contributed by atoms with Crippen LogP contribution in [-0.4, -0.2) is 70.9 Å². The first kappa shape index (κ1) is 15.3. The highest BCUT2D eigenvalue weighted by Gasteiger charge is 2.26. The predicted molar refractivity (Wildman–Crippen MR) is 80.0 cm³/mol. The molecule has 0 atom stereocenters. The van der Waals surface area contributed by atoms with Gasteiger partial charge in [-0.3, -0.25) is 9.78 Å². The van der Waals surface area contributed by atoms with Crippen LogP contribution in [0.3, 0.4) is 0 Å². The molecule has 1 aliphatic rings. The molecular weight excluding hydrogens is 268 g/mol. The lowest BCUT2D eigenvalue weighted by Gasteiger charge is -2.37. The van der Waals surface area contributed by atoms with Crippen molar-refractivity contribution in [3.8, 4) is 0 Å². The summed E-state index contributed by atoms with van der Waals surface area (Å²) < 4.78 is 0. The van der Waals surface area contributed by atoms with Crippen molar-refractivity contribution >= 4 is 11.9 Å². The monoisotopic (exact) mass is 290 g/mol. The third-order valence-corrected chi connectivity index (χ3v) is 3.78. The SMILES string of the molecule is CCN(CC)C(=O)N1CCN(C(=O)c2cccnc2)CC1. The zero-order valence-electron chi connectivity index (χ0n) is 12.7. The summed E-state index contributed by atoms with van der Waals surface area (Å²) in [6.07, 6.45) is 3.23. The molecule has 21 heavy (non-hydrogen) atoms. The Hall–Kier alpha value is -2.11. The molecule has 114 valence electrons. The van der Waals surface area contributed by atoms with Crippen molar-refractivity contribution in [1.82, 2.24) is 19.7 Å². The minimum atomic E-state index is -0.0157. The van der Waals surface area contributed by atoms with Gasteiger partial charge in [-0.25, -0.2) is 4.79 Å². The fraction of sp³-hybridized carbons (Fsp3) is 0.533. The van der Waals surface area contributed by atoms with E-state index < -0.39 is 0 Å². The molecule has 0 saturated carbocycles. The molecule has 0 aliphatic carbocycles. The summed E-state index contributed by atoms with van der Waals surface area (Å²) in [5.41, 5.74) is 0.598. The molecule has 2 rings (SSSR count). The third kappa shape index (κ3) is 3.51. The van der Waals surface area contributed by atoms with Crippen LogP contribution in [0.25, 0.3) is 0 Å². The average Bonchev–Trinajstić information content (AvgIpc) is 2.56. The number of amides is 3. The second-order valence-electron chi connectivity index (χ2n) is 4.98. The molecule has 0 aromatic carbocycles. The van der Waals surface area contributed by atoms with E-state index in [9.17, 15) is 9.59 Å². The van der Waals surface area contributed by atoms with Gasteiger partial charge in [0.1, 0.15) is 0 Å². The average molecular weight is 290 g/mol. The Bertz CT molecular complexity index is 480. The highest BCUT2D eigenvalue weighted by molar-refractivity contribution is 5.94. The molecule has 0 N–H and O–H groups in total. The zero-order valence-corrected chi connectivity index (χ0v) is 12.7. The van der Waals surface area contributed by atoms with Crippen molar-refractivity contribution in [3.05, 3.63) is 30.1 Å². The molecule has 6 nitrogen and oxygen atoms in total. The van der Waals surface area contributed by atoms with Gasteiger partial charge in [0, 0.05) is 51.7 Å². The van der Waals surface area contributed by atoms with Crippen LogP contribution >= 0.6 is 0 Å². The van der Waals surface area contributed by atoms with Gasteiger partial charge in [0.2, 0.25) is 0 Å². The summed E-state index contributed by atoms with van der Waals surface area (Å²) in [6.45, 7) is 7.69. The molecule has 6 heteroatoms. The number of rotatable bonds is 3. The number of carbonyl (C=O) groups is 2. The highest BCUT2D eigenvalue weighted by atomic mass is 16.2. The van der Waals surface area contributed by atoms with Gasteiger partial charge in [-0.2, -0.15) is 0 Å². The molecule has 0 unspecified atom stereocenters. The summed E-state index contributed by atoms with van der Waals surface area (Å²) in [4.78, 5) is 33.9. The van der Waals surface area contributed by atoms with E-state index in [2.05, 4.69) is 4.98 Å². The van der Waals surface area contributed by atoms with Crippen LogP contribution < -0.4 is 0 Å². The van der Waals surface area contributed by atoms with Crippen molar-refractivity contribution < 1.29 is 9.59 Å². The minimum absolute atomic E-state index is 0.0157. The molecule has 0 bridgehead atoms. The minimum Gasteiger partial charge on any atom is -0.335 e. The van der Waals surface area contributed by atoms with E-state index in [4.69, 9.17) is 0 Å². The van der Waals surface area contributed by atoms with Crippen LogP contribution in [0, 0.1) is 0 Å². The number of aromatic nitrogens is 1. The Labute approximate surface area is 125 Å². The first-order chi connectivity index (χ1) is 10.2. The summed E-state index contributed by atoms with van der Waals surface area (Å²) in [6, 6.07) is 3.59. The highest BCUT2D eigenvalue weighted by Crippen LogP contribution is 2.09.